The molecule has 2 fully saturated rings. The van der Waals surface area contributed by atoms with Gasteiger partial charge in [0.1, 0.15) is 0 Å². The van der Waals surface area contributed by atoms with Crippen molar-refractivity contribution in [1.82, 2.24) is 5.32 Å². The van der Waals surface area contributed by atoms with Crippen LogP contribution in [0.1, 0.15) is 38.5 Å². The monoisotopic (exact) mass is 182 g/mol. The Balaban J connectivity index is 1.76. The van der Waals surface area contributed by atoms with Gasteiger partial charge >= 0.3 is 0 Å². The van der Waals surface area contributed by atoms with Gasteiger partial charge in [0.2, 0.25) is 5.91 Å². The average molecular weight is 182 g/mol. The fraction of sp³-hybridized carbons (Fsp3) is 0.900. The van der Waals surface area contributed by atoms with Gasteiger partial charge in [0.25, 0.3) is 0 Å². The topological polar surface area (TPSA) is 55.1 Å². The highest BCUT2D eigenvalue weighted by Crippen LogP contribution is 2.31. The first-order chi connectivity index (χ1) is 6.27. The van der Waals surface area contributed by atoms with E-state index in [9.17, 15) is 4.79 Å². The summed E-state index contributed by atoms with van der Waals surface area (Å²) in [6.45, 7) is 0. The number of nitrogens with two attached hydrogens (primary N) is 1. The number of hydrogen-bond donors (Lipinski definition) is 2. The predicted octanol–water partition coefficient (Wildman–Crippen LogP) is 0.782. The van der Waals surface area contributed by atoms with Crippen molar-refractivity contribution in [3.8, 4) is 0 Å². The lowest BCUT2D eigenvalue weighted by Crippen LogP contribution is -2.45. The Morgan fingerprint density at radius 1 is 1.23 bits per heavy atom. The summed E-state index contributed by atoms with van der Waals surface area (Å²) in [4.78, 5) is 11.5. The van der Waals surface area contributed by atoms with Crippen molar-refractivity contribution in [2.24, 2.45) is 11.7 Å². The Labute approximate surface area is 79.1 Å². The SMILES string of the molecule is NC(C(=O)NC1CCCC1)C1CC1. The van der Waals surface area contributed by atoms with E-state index in [1.807, 2.05) is 0 Å². The summed E-state index contributed by atoms with van der Waals surface area (Å²) in [6.07, 6.45) is 7.07. The predicted molar refractivity (Wildman–Crippen MR) is 51.1 cm³/mol. The molecule has 2 aliphatic carbocycles. The largest absolute Gasteiger partial charge is 0.352 e. The fourth-order valence-electron chi connectivity index (χ4n) is 2.04. The molecule has 0 aromatic heterocycles. The molecule has 1 atom stereocenters. The molecule has 2 aliphatic rings. The second-order valence-electron chi connectivity index (χ2n) is 4.35. The Bertz CT molecular complexity index is 195. The maximum Gasteiger partial charge on any atom is 0.237 e. The summed E-state index contributed by atoms with van der Waals surface area (Å²) in [5.41, 5.74) is 5.79. The highest BCUT2D eigenvalue weighted by molar-refractivity contribution is 5.82. The summed E-state index contributed by atoms with van der Waals surface area (Å²) in [7, 11) is 0. The second-order valence-corrected chi connectivity index (χ2v) is 4.35. The maximum absolute atomic E-state index is 11.5. The summed E-state index contributed by atoms with van der Waals surface area (Å²) in [6, 6.07) is 0.179. The van der Waals surface area contributed by atoms with Crippen molar-refractivity contribution in [1.29, 1.82) is 0 Å². The first-order valence-electron chi connectivity index (χ1n) is 5.33. The van der Waals surface area contributed by atoms with E-state index >= 15 is 0 Å². The molecule has 1 amide bonds. The van der Waals surface area contributed by atoms with Gasteiger partial charge in [-0.05, 0) is 31.6 Å². The van der Waals surface area contributed by atoms with Crippen LogP contribution in [-0.4, -0.2) is 18.0 Å². The van der Waals surface area contributed by atoms with Crippen LogP contribution in [0, 0.1) is 5.92 Å². The first-order valence-corrected chi connectivity index (χ1v) is 5.33. The van der Waals surface area contributed by atoms with Crippen LogP contribution in [-0.2, 0) is 4.79 Å². The number of hydrogen-bond acceptors (Lipinski definition) is 2. The molecule has 0 bridgehead atoms. The van der Waals surface area contributed by atoms with Gasteiger partial charge in [0, 0.05) is 6.04 Å². The minimum absolute atomic E-state index is 0.0781. The Kier molecular flexibility index (Phi) is 2.54. The van der Waals surface area contributed by atoms with Gasteiger partial charge in [0.15, 0.2) is 0 Å². The third kappa shape index (κ3) is 2.21. The molecule has 3 N–H and O–H groups in total. The smallest absolute Gasteiger partial charge is 0.237 e. The summed E-state index contributed by atoms with van der Waals surface area (Å²) >= 11 is 0. The van der Waals surface area contributed by atoms with E-state index in [-0.39, 0.29) is 11.9 Å². The summed E-state index contributed by atoms with van der Waals surface area (Å²) in [5.74, 6) is 0.552. The number of carbonyl (C=O) groups is 1. The Morgan fingerprint density at radius 2 is 1.85 bits per heavy atom. The summed E-state index contributed by atoms with van der Waals surface area (Å²) < 4.78 is 0. The molecular formula is C10H18N2O. The van der Waals surface area contributed by atoms with E-state index in [2.05, 4.69) is 5.32 Å². The highest BCUT2D eigenvalue weighted by atomic mass is 16.2. The van der Waals surface area contributed by atoms with E-state index in [4.69, 9.17) is 5.73 Å². The lowest BCUT2D eigenvalue weighted by molar-refractivity contribution is -0.123. The number of carbonyl (C=O) groups excluding carboxylic acids is 1. The molecule has 13 heavy (non-hydrogen) atoms. The average Bonchev–Trinajstić information content (AvgIpc) is 2.85. The van der Waals surface area contributed by atoms with Gasteiger partial charge in [0.05, 0.1) is 6.04 Å². The first kappa shape index (κ1) is 9.00. The third-order valence-electron chi connectivity index (χ3n) is 3.13. The number of amides is 1. The quantitative estimate of drug-likeness (QED) is 0.677. The molecule has 3 heteroatoms. The molecule has 0 aromatic rings. The molecule has 2 rings (SSSR count). The normalized spacial score (nSPS) is 25.9. The van der Waals surface area contributed by atoms with Crippen molar-refractivity contribution in [3.05, 3.63) is 0 Å². The Hall–Kier alpha value is -0.570. The van der Waals surface area contributed by atoms with Crippen LogP contribution in [0.5, 0.6) is 0 Å². The molecule has 74 valence electrons. The lowest BCUT2D eigenvalue weighted by Gasteiger charge is -2.15. The molecular weight excluding hydrogens is 164 g/mol. The van der Waals surface area contributed by atoms with Crippen molar-refractivity contribution in [2.45, 2.75) is 50.6 Å². The molecule has 3 nitrogen and oxygen atoms in total. The van der Waals surface area contributed by atoms with Crippen LogP contribution in [0.4, 0.5) is 0 Å². The number of rotatable bonds is 3. The summed E-state index contributed by atoms with van der Waals surface area (Å²) in [5, 5.41) is 3.04. The van der Waals surface area contributed by atoms with Gasteiger partial charge in [-0.25, -0.2) is 0 Å². The van der Waals surface area contributed by atoms with Crippen molar-refractivity contribution in [2.75, 3.05) is 0 Å². The van der Waals surface area contributed by atoms with Gasteiger partial charge < -0.3 is 11.1 Å². The maximum atomic E-state index is 11.5. The van der Waals surface area contributed by atoms with E-state index in [0.29, 0.717) is 12.0 Å². The van der Waals surface area contributed by atoms with Crippen LogP contribution in [0.3, 0.4) is 0 Å². The molecule has 0 aromatic carbocycles. The van der Waals surface area contributed by atoms with E-state index < -0.39 is 0 Å². The molecule has 0 saturated heterocycles. The van der Waals surface area contributed by atoms with Crippen molar-refractivity contribution < 1.29 is 4.79 Å². The molecule has 0 heterocycles. The zero-order valence-electron chi connectivity index (χ0n) is 7.96. The molecule has 2 saturated carbocycles. The van der Waals surface area contributed by atoms with E-state index in [1.54, 1.807) is 0 Å². The second kappa shape index (κ2) is 3.66. The highest BCUT2D eigenvalue weighted by Gasteiger charge is 2.34. The van der Waals surface area contributed by atoms with Crippen LogP contribution >= 0.6 is 0 Å². The van der Waals surface area contributed by atoms with Gasteiger partial charge in [-0.15, -0.1) is 0 Å². The number of nitrogens with one attached hydrogen (secondary N) is 1. The molecule has 0 aliphatic heterocycles. The van der Waals surface area contributed by atoms with Gasteiger partial charge in [-0.2, -0.15) is 0 Å². The van der Waals surface area contributed by atoms with Crippen LogP contribution in [0.15, 0.2) is 0 Å². The minimum atomic E-state index is -0.236. The van der Waals surface area contributed by atoms with E-state index in [0.717, 1.165) is 25.7 Å². The van der Waals surface area contributed by atoms with Gasteiger partial charge in [-0.1, -0.05) is 12.8 Å². The van der Waals surface area contributed by atoms with Crippen LogP contribution < -0.4 is 11.1 Å². The van der Waals surface area contributed by atoms with E-state index in [1.165, 1.54) is 12.8 Å². The Morgan fingerprint density at radius 3 is 2.38 bits per heavy atom. The van der Waals surface area contributed by atoms with Crippen LogP contribution in [0.2, 0.25) is 0 Å². The molecule has 1 unspecified atom stereocenters. The van der Waals surface area contributed by atoms with Crippen molar-refractivity contribution >= 4 is 5.91 Å². The minimum Gasteiger partial charge on any atom is -0.352 e. The molecule has 0 radical (unpaired) electrons. The standard InChI is InChI=1S/C10H18N2O/c11-9(7-5-6-7)10(13)12-8-3-1-2-4-8/h7-9H,1-6,11H2,(H,12,13). The van der Waals surface area contributed by atoms with Crippen molar-refractivity contribution in [3.63, 3.8) is 0 Å². The zero-order chi connectivity index (χ0) is 9.26. The third-order valence-corrected chi connectivity index (χ3v) is 3.13. The lowest BCUT2D eigenvalue weighted by atomic mass is 10.1. The molecule has 0 spiro atoms. The fourth-order valence-corrected chi connectivity index (χ4v) is 2.04. The van der Waals surface area contributed by atoms with Crippen LogP contribution in [0.25, 0.3) is 0 Å². The van der Waals surface area contributed by atoms with Gasteiger partial charge in [-0.3, -0.25) is 4.79 Å². The zero-order valence-corrected chi connectivity index (χ0v) is 7.96.